The van der Waals surface area contributed by atoms with Crippen molar-refractivity contribution < 1.29 is 19.4 Å². The van der Waals surface area contributed by atoms with Crippen molar-refractivity contribution in [2.24, 2.45) is 0 Å². The Bertz CT molecular complexity index is 1090. The Labute approximate surface area is 187 Å². The molecule has 2 aliphatic rings. The molecule has 1 aliphatic carbocycles. The number of benzene rings is 2. The fourth-order valence-corrected chi connectivity index (χ4v) is 4.32. The fourth-order valence-electron chi connectivity index (χ4n) is 4.32. The highest BCUT2D eigenvalue weighted by molar-refractivity contribution is 5.87. The van der Waals surface area contributed by atoms with Crippen LogP contribution >= 0.6 is 0 Å². The second-order valence-electron chi connectivity index (χ2n) is 8.72. The number of ether oxygens (including phenoxy) is 1. The molecular formula is C25H29N3O4. The van der Waals surface area contributed by atoms with Crippen LogP contribution in [0.25, 0.3) is 10.9 Å². The van der Waals surface area contributed by atoms with Gasteiger partial charge in [0.15, 0.2) is 0 Å². The molecule has 3 N–H and O–H groups in total. The van der Waals surface area contributed by atoms with E-state index in [4.69, 9.17) is 9.84 Å². The molecule has 3 aromatic rings. The summed E-state index contributed by atoms with van der Waals surface area (Å²) in [6, 6.07) is 15.6. The maximum atomic E-state index is 11.1. The van der Waals surface area contributed by atoms with Gasteiger partial charge in [-0.15, -0.1) is 0 Å². The lowest BCUT2D eigenvalue weighted by atomic mass is 9.75. The quantitative estimate of drug-likeness (QED) is 0.563. The summed E-state index contributed by atoms with van der Waals surface area (Å²) in [5.41, 5.74) is 4.21. The zero-order valence-corrected chi connectivity index (χ0v) is 18.4. The number of nitrogens with zero attached hydrogens (tertiary/aromatic N) is 1. The van der Waals surface area contributed by atoms with E-state index in [1.807, 2.05) is 0 Å². The van der Waals surface area contributed by atoms with Crippen molar-refractivity contribution in [3.63, 3.8) is 0 Å². The highest BCUT2D eigenvalue weighted by atomic mass is 16.6. The zero-order valence-electron chi connectivity index (χ0n) is 18.4. The van der Waals surface area contributed by atoms with Crippen molar-refractivity contribution in [3.05, 3.63) is 71.4 Å². The van der Waals surface area contributed by atoms with Crippen LogP contribution < -0.4 is 5.32 Å². The Kier molecular flexibility index (Phi) is 6.46. The van der Waals surface area contributed by atoms with Gasteiger partial charge in [-0.3, -0.25) is 0 Å². The number of rotatable bonds is 5. The number of nitrogens with one attached hydrogen (secondary N) is 2. The summed E-state index contributed by atoms with van der Waals surface area (Å²) >= 11 is 0. The Morgan fingerprint density at radius 2 is 1.91 bits per heavy atom. The minimum Gasteiger partial charge on any atom is -0.478 e. The van der Waals surface area contributed by atoms with Crippen molar-refractivity contribution in [1.29, 1.82) is 0 Å². The molecule has 2 fully saturated rings. The van der Waals surface area contributed by atoms with Crippen molar-refractivity contribution >= 4 is 23.0 Å². The van der Waals surface area contributed by atoms with Crippen LogP contribution in [0.1, 0.15) is 40.2 Å². The predicted octanol–water partition coefficient (Wildman–Crippen LogP) is 4.01. The summed E-state index contributed by atoms with van der Waals surface area (Å²) in [6.07, 6.45) is 5.15. The normalized spacial score (nSPS) is 22.0. The summed E-state index contributed by atoms with van der Waals surface area (Å²) in [5.74, 6) is -0.225. The smallest absolute Gasteiger partial charge is 0.407 e. The number of aromatic nitrogens is 1. The molecule has 1 aromatic heterocycles. The number of aromatic carboxylic acids is 1. The van der Waals surface area contributed by atoms with Crippen molar-refractivity contribution in [2.45, 2.75) is 37.3 Å². The first-order valence-corrected chi connectivity index (χ1v) is 10.9. The number of hydrogen-bond donors (Lipinski definition) is 3. The lowest BCUT2D eigenvalue weighted by molar-refractivity contribution is 0.0697. The summed E-state index contributed by atoms with van der Waals surface area (Å²) < 4.78 is 4.97. The molecule has 2 aromatic carbocycles. The van der Waals surface area contributed by atoms with Crippen molar-refractivity contribution in [3.8, 4) is 0 Å². The molecule has 1 aliphatic heterocycles. The van der Waals surface area contributed by atoms with Crippen LogP contribution in [0.3, 0.4) is 0 Å². The molecule has 0 unspecified atom stereocenters. The van der Waals surface area contributed by atoms with Crippen LogP contribution in [0.2, 0.25) is 0 Å². The number of carboxylic acid groups (broad SMARTS) is 1. The minimum atomic E-state index is -0.879. The number of amides is 1. The third-order valence-corrected chi connectivity index (χ3v) is 6.30. The summed E-state index contributed by atoms with van der Waals surface area (Å²) in [4.78, 5) is 27.1. The molecule has 32 heavy (non-hydrogen) atoms. The molecule has 2 heterocycles. The molecule has 7 nitrogen and oxygen atoms in total. The zero-order chi connectivity index (χ0) is 22.7. The van der Waals surface area contributed by atoms with Gasteiger partial charge >= 0.3 is 12.1 Å². The van der Waals surface area contributed by atoms with Crippen LogP contribution in [0, 0.1) is 0 Å². The molecular weight excluding hydrogens is 406 g/mol. The second-order valence-corrected chi connectivity index (χ2v) is 8.72. The van der Waals surface area contributed by atoms with E-state index in [-0.39, 0.29) is 12.1 Å². The molecule has 0 radical (unpaired) electrons. The Balaban J connectivity index is 0.000000230. The largest absolute Gasteiger partial charge is 0.478 e. The van der Waals surface area contributed by atoms with Crippen LogP contribution in [0.5, 0.6) is 0 Å². The van der Waals surface area contributed by atoms with Crippen LogP contribution in [-0.2, 0) is 11.2 Å². The minimum absolute atomic E-state index is 0.0872. The van der Waals surface area contributed by atoms with Gasteiger partial charge in [0.2, 0.25) is 0 Å². The van der Waals surface area contributed by atoms with E-state index in [9.17, 15) is 9.59 Å². The number of carbonyl (C=O) groups is 2. The average Bonchev–Trinajstić information content (AvgIpc) is 3.34. The number of carbonyl (C=O) groups excluding carboxylic acids is 1. The van der Waals surface area contributed by atoms with Crippen molar-refractivity contribution in [2.75, 3.05) is 20.7 Å². The molecule has 1 saturated carbocycles. The first-order chi connectivity index (χ1) is 15.4. The molecule has 5 rings (SSSR count). The van der Waals surface area contributed by atoms with E-state index in [1.165, 1.54) is 34.9 Å². The molecule has 0 spiro atoms. The summed E-state index contributed by atoms with van der Waals surface area (Å²) in [6.45, 7) is 0.462. The van der Waals surface area contributed by atoms with Crippen LogP contribution in [-0.4, -0.2) is 59.8 Å². The van der Waals surface area contributed by atoms with E-state index in [0.29, 0.717) is 24.1 Å². The predicted molar refractivity (Wildman–Crippen MR) is 123 cm³/mol. The standard InChI is InChI=1S/C18H23N3O2.C7H6O2/c1-21(2)14-7-12(8-14)16-9-19-17-4-3-11(6-15(16)17)5-13-10-23-18(22)20-13;8-7(9)6-4-2-1-3-5-6/h3-4,6,9,12-14,19H,5,7-8,10H2,1-2H3,(H,20,22);1-5H,(H,8,9)/t12?,13-,14?;/m1./s1. The lowest BCUT2D eigenvalue weighted by Gasteiger charge is -2.39. The molecule has 0 bridgehead atoms. The first-order valence-electron chi connectivity index (χ1n) is 10.9. The fraction of sp³-hybridized carbons (Fsp3) is 0.360. The second kappa shape index (κ2) is 9.44. The number of fused-ring (bicyclic) bond motifs is 1. The Morgan fingerprint density at radius 1 is 1.16 bits per heavy atom. The third kappa shape index (κ3) is 4.94. The monoisotopic (exact) mass is 435 g/mol. The van der Waals surface area contributed by atoms with E-state index < -0.39 is 5.97 Å². The van der Waals surface area contributed by atoms with Gasteiger partial charge in [-0.1, -0.05) is 24.3 Å². The number of hydrogen-bond acceptors (Lipinski definition) is 4. The molecule has 168 valence electrons. The van der Waals surface area contributed by atoms with E-state index in [2.05, 4.69) is 53.7 Å². The molecule has 1 amide bonds. The topological polar surface area (TPSA) is 94.7 Å². The van der Waals surface area contributed by atoms with Gasteiger partial charge in [-0.25, -0.2) is 9.59 Å². The number of H-pyrrole nitrogens is 1. The average molecular weight is 436 g/mol. The Morgan fingerprint density at radius 3 is 2.50 bits per heavy atom. The highest BCUT2D eigenvalue weighted by Crippen LogP contribution is 2.42. The van der Waals surface area contributed by atoms with Gasteiger partial charge in [0.25, 0.3) is 0 Å². The van der Waals surface area contributed by atoms with Gasteiger partial charge in [-0.05, 0) is 74.7 Å². The van der Waals surface area contributed by atoms with Crippen LogP contribution in [0.4, 0.5) is 4.79 Å². The molecule has 7 heteroatoms. The first kappa shape index (κ1) is 21.9. The van der Waals surface area contributed by atoms with E-state index in [1.54, 1.807) is 30.3 Å². The van der Waals surface area contributed by atoms with Gasteiger partial charge < -0.3 is 25.0 Å². The number of alkyl carbamates (subject to hydrolysis) is 1. The highest BCUT2D eigenvalue weighted by Gasteiger charge is 2.33. The molecule has 1 saturated heterocycles. The molecule has 1 atom stereocenters. The van der Waals surface area contributed by atoms with E-state index in [0.717, 1.165) is 6.42 Å². The maximum Gasteiger partial charge on any atom is 0.407 e. The lowest BCUT2D eigenvalue weighted by Crippen LogP contribution is -2.39. The van der Waals surface area contributed by atoms with Crippen molar-refractivity contribution in [1.82, 2.24) is 15.2 Å². The number of aromatic amines is 1. The SMILES string of the molecule is CN(C)C1CC(c2c[nH]c3ccc(C[C@@H]4COC(=O)N4)cc23)C1.O=C(O)c1ccccc1. The van der Waals surface area contributed by atoms with E-state index >= 15 is 0 Å². The van der Waals surface area contributed by atoms with Gasteiger partial charge in [-0.2, -0.15) is 0 Å². The summed E-state index contributed by atoms with van der Waals surface area (Å²) in [5, 5.41) is 12.6. The number of carboxylic acids is 1. The van der Waals surface area contributed by atoms with Gasteiger partial charge in [0, 0.05) is 23.1 Å². The Hall–Kier alpha value is -3.32. The number of cyclic esters (lactones) is 1. The summed E-state index contributed by atoms with van der Waals surface area (Å²) in [7, 11) is 4.32. The van der Waals surface area contributed by atoms with Gasteiger partial charge in [0.05, 0.1) is 11.6 Å². The maximum absolute atomic E-state index is 11.1. The van der Waals surface area contributed by atoms with Crippen LogP contribution in [0.15, 0.2) is 54.7 Å². The third-order valence-electron chi connectivity index (χ3n) is 6.30. The van der Waals surface area contributed by atoms with Gasteiger partial charge in [0.1, 0.15) is 6.61 Å².